The molecule has 1 fully saturated rings. The number of aromatic nitrogens is 4. The van der Waals surface area contributed by atoms with Crippen LogP contribution in [0.2, 0.25) is 0 Å². The Labute approximate surface area is 135 Å². The Morgan fingerprint density at radius 1 is 1.39 bits per heavy atom. The molecule has 0 spiro atoms. The summed E-state index contributed by atoms with van der Waals surface area (Å²) in [6.07, 6.45) is 5.68. The first-order valence-electron chi connectivity index (χ1n) is 7.54. The number of sulfonamides is 1. The minimum absolute atomic E-state index is 0.172. The van der Waals surface area contributed by atoms with Crippen LogP contribution in [-0.4, -0.2) is 47.3 Å². The van der Waals surface area contributed by atoms with Crippen LogP contribution in [-0.2, 0) is 10.0 Å². The lowest BCUT2D eigenvalue weighted by molar-refractivity contribution is 0.493. The van der Waals surface area contributed by atoms with Crippen molar-refractivity contribution in [2.45, 2.75) is 37.2 Å². The monoisotopic (exact) mass is 336 g/mol. The lowest BCUT2D eigenvalue weighted by atomic mass is 10.3. The topological polar surface area (TPSA) is 93.0 Å². The van der Waals surface area contributed by atoms with E-state index in [4.69, 9.17) is 0 Å². The Balaban J connectivity index is 1.87. The van der Waals surface area contributed by atoms with Crippen molar-refractivity contribution in [3.63, 3.8) is 0 Å². The van der Waals surface area contributed by atoms with Gasteiger partial charge in [0.05, 0.1) is 6.04 Å². The Hall–Kier alpha value is -2.00. The summed E-state index contributed by atoms with van der Waals surface area (Å²) in [5, 5.41) is 4.16. The zero-order valence-electron chi connectivity index (χ0n) is 13.1. The fraction of sp³-hybridized carbons (Fsp3) is 0.500. The summed E-state index contributed by atoms with van der Waals surface area (Å²) in [6, 6.07) is 3.24. The lowest BCUT2D eigenvalue weighted by Gasteiger charge is -2.21. The minimum Gasteiger partial charge on any atom is -0.353 e. The Morgan fingerprint density at radius 3 is 2.91 bits per heavy atom. The van der Waals surface area contributed by atoms with E-state index in [-0.39, 0.29) is 17.0 Å². The average molecular weight is 336 g/mol. The normalized spacial score (nSPS) is 18.7. The molecule has 1 saturated heterocycles. The van der Waals surface area contributed by atoms with Crippen LogP contribution in [0.15, 0.2) is 35.9 Å². The molecule has 124 valence electrons. The van der Waals surface area contributed by atoms with E-state index < -0.39 is 10.0 Å². The number of rotatable bonds is 5. The number of nitrogens with one attached hydrogen (secondary N) is 1. The van der Waals surface area contributed by atoms with Gasteiger partial charge in [0.2, 0.25) is 10.0 Å². The third-order valence-corrected chi connectivity index (χ3v) is 5.38. The largest absolute Gasteiger partial charge is 0.353 e. The summed E-state index contributed by atoms with van der Waals surface area (Å²) >= 11 is 0. The second-order valence-corrected chi connectivity index (χ2v) is 7.55. The van der Waals surface area contributed by atoms with Crippen LogP contribution < -0.4 is 9.62 Å². The predicted molar refractivity (Wildman–Crippen MR) is 85.6 cm³/mol. The van der Waals surface area contributed by atoms with Gasteiger partial charge < -0.3 is 4.90 Å². The summed E-state index contributed by atoms with van der Waals surface area (Å²) < 4.78 is 29.5. The van der Waals surface area contributed by atoms with Crippen LogP contribution in [0.3, 0.4) is 0 Å². The Morgan fingerprint density at radius 2 is 2.22 bits per heavy atom. The third-order valence-electron chi connectivity index (χ3n) is 3.70. The average Bonchev–Trinajstić information content (AvgIpc) is 3.17. The van der Waals surface area contributed by atoms with Crippen molar-refractivity contribution < 1.29 is 8.42 Å². The van der Waals surface area contributed by atoms with Gasteiger partial charge in [-0.2, -0.15) is 5.10 Å². The van der Waals surface area contributed by atoms with Crippen LogP contribution in [0, 0.1) is 0 Å². The molecule has 0 bridgehead atoms. The van der Waals surface area contributed by atoms with Gasteiger partial charge in [0.15, 0.2) is 0 Å². The van der Waals surface area contributed by atoms with Gasteiger partial charge in [-0.1, -0.05) is 0 Å². The van der Waals surface area contributed by atoms with E-state index in [0.29, 0.717) is 12.4 Å². The van der Waals surface area contributed by atoms with Crippen molar-refractivity contribution in [3.8, 4) is 0 Å². The number of pyridine rings is 1. The first kappa shape index (κ1) is 15.9. The summed E-state index contributed by atoms with van der Waals surface area (Å²) in [5.41, 5.74) is 0. The minimum atomic E-state index is -3.59. The van der Waals surface area contributed by atoms with Gasteiger partial charge in [-0.15, -0.1) is 0 Å². The van der Waals surface area contributed by atoms with Gasteiger partial charge in [0.25, 0.3) is 0 Å². The lowest BCUT2D eigenvalue weighted by Crippen LogP contribution is -2.32. The summed E-state index contributed by atoms with van der Waals surface area (Å²) in [6.45, 7) is 4.98. The predicted octanol–water partition coefficient (Wildman–Crippen LogP) is 0.811. The van der Waals surface area contributed by atoms with Gasteiger partial charge >= 0.3 is 0 Å². The van der Waals surface area contributed by atoms with Crippen molar-refractivity contribution in [1.82, 2.24) is 24.5 Å². The third kappa shape index (κ3) is 3.35. The van der Waals surface area contributed by atoms with Crippen molar-refractivity contribution in [3.05, 3.63) is 31.0 Å². The quantitative estimate of drug-likeness (QED) is 0.868. The summed E-state index contributed by atoms with van der Waals surface area (Å²) in [7, 11) is -3.59. The van der Waals surface area contributed by atoms with E-state index in [1.54, 1.807) is 38.5 Å². The van der Waals surface area contributed by atoms with Gasteiger partial charge in [0, 0.05) is 25.3 Å². The maximum atomic E-state index is 12.5. The highest BCUT2D eigenvalue weighted by molar-refractivity contribution is 7.89. The van der Waals surface area contributed by atoms with Crippen LogP contribution in [0.5, 0.6) is 0 Å². The molecule has 1 aliphatic heterocycles. The van der Waals surface area contributed by atoms with E-state index in [9.17, 15) is 8.42 Å². The molecule has 9 heteroatoms. The second kappa shape index (κ2) is 6.25. The highest BCUT2D eigenvalue weighted by Gasteiger charge is 2.30. The number of anilines is 1. The molecule has 23 heavy (non-hydrogen) atoms. The maximum Gasteiger partial charge on any atom is 0.244 e. The van der Waals surface area contributed by atoms with Gasteiger partial charge in [-0.05, 0) is 32.4 Å². The molecule has 2 aromatic rings. The molecule has 3 rings (SSSR count). The van der Waals surface area contributed by atoms with E-state index in [1.807, 2.05) is 9.58 Å². The highest BCUT2D eigenvalue weighted by Crippen LogP contribution is 2.29. The molecule has 0 amide bonds. The zero-order chi connectivity index (χ0) is 16.4. The van der Waals surface area contributed by atoms with Crippen LogP contribution in [0.4, 0.5) is 5.82 Å². The van der Waals surface area contributed by atoms with Gasteiger partial charge in [0.1, 0.15) is 23.4 Å². The Bertz CT molecular complexity index is 759. The van der Waals surface area contributed by atoms with Crippen molar-refractivity contribution in [2.24, 2.45) is 0 Å². The number of hydrogen-bond donors (Lipinski definition) is 1. The van der Waals surface area contributed by atoms with Crippen molar-refractivity contribution in [1.29, 1.82) is 0 Å². The summed E-state index contributed by atoms with van der Waals surface area (Å²) in [5.74, 6) is 0.489. The van der Waals surface area contributed by atoms with Crippen LogP contribution in [0.25, 0.3) is 0 Å². The van der Waals surface area contributed by atoms with E-state index in [0.717, 1.165) is 13.0 Å². The zero-order valence-corrected chi connectivity index (χ0v) is 13.9. The first-order chi connectivity index (χ1) is 11.0. The molecule has 8 nitrogen and oxygen atoms in total. The number of hydrogen-bond acceptors (Lipinski definition) is 6. The highest BCUT2D eigenvalue weighted by atomic mass is 32.2. The number of nitrogens with zero attached hydrogens (tertiary/aromatic N) is 5. The molecule has 1 atom stereocenters. The Kier molecular flexibility index (Phi) is 4.31. The molecule has 3 heterocycles. The van der Waals surface area contributed by atoms with Crippen molar-refractivity contribution in [2.75, 3.05) is 18.0 Å². The molecular formula is C14H20N6O2S. The van der Waals surface area contributed by atoms with Crippen LogP contribution in [0.1, 0.15) is 26.3 Å². The van der Waals surface area contributed by atoms with Gasteiger partial charge in [-0.25, -0.2) is 27.8 Å². The maximum absolute atomic E-state index is 12.5. The van der Waals surface area contributed by atoms with Crippen molar-refractivity contribution >= 4 is 15.8 Å². The second-order valence-electron chi connectivity index (χ2n) is 5.87. The first-order valence-corrected chi connectivity index (χ1v) is 9.02. The summed E-state index contributed by atoms with van der Waals surface area (Å²) in [4.78, 5) is 10.5. The van der Waals surface area contributed by atoms with E-state index >= 15 is 0 Å². The molecule has 0 aliphatic carbocycles. The van der Waals surface area contributed by atoms with Gasteiger partial charge in [-0.3, -0.25) is 0 Å². The molecule has 0 aromatic carbocycles. The molecular weight excluding hydrogens is 316 g/mol. The molecule has 1 unspecified atom stereocenters. The SMILES string of the molecule is CC(C)NS(=O)(=O)c1cccnc1N1CCC(n2cncn2)C1. The molecule has 1 aliphatic rings. The molecule has 0 saturated carbocycles. The van der Waals surface area contributed by atoms with E-state index in [2.05, 4.69) is 19.8 Å². The fourth-order valence-electron chi connectivity index (χ4n) is 2.76. The molecule has 0 radical (unpaired) electrons. The fourth-order valence-corrected chi connectivity index (χ4v) is 4.19. The molecule has 2 aromatic heterocycles. The standard InChI is InChI=1S/C14H20N6O2S/c1-11(2)18-23(21,22)13-4-3-6-16-14(13)19-7-5-12(8-19)20-10-15-9-17-20/h3-4,6,9-12,18H,5,7-8H2,1-2H3. The van der Waals surface area contributed by atoms with Crippen LogP contribution >= 0.6 is 0 Å². The molecule has 1 N–H and O–H groups in total. The smallest absolute Gasteiger partial charge is 0.244 e. The van der Waals surface area contributed by atoms with E-state index in [1.165, 1.54) is 6.33 Å².